The van der Waals surface area contributed by atoms with Crippen molar-refractivity contribution in [3.63, 3.8) is 0 Å². The van der Waals surface area contributed by atoms with Crippen molar-refractivity contribution in [2.24, 2.45) is 11.3 Å². The lowest BCUT2D eigenvalue weighted by Crippen LogP contribution is -2.48. The first-order chi connectivity index (χ1) is 7.80. The molecule has 1 N–H and O–H groups in total. The summed E-state index contributed by atoms with van der Waals surface area (Å²) in [5, 5.41) is 3.58. The van der Waals surface area contributed by atoms with Gasteiger partial charge in [-0.1, -0.05) is 19.8 Å². The quantitative estimate of drug-likeness (QED) is 0.797. The highest BCUT2D eigenvalue weighted by Gasteiger charge is 2.43. The van der Waals surface area contributed by atoms with E-state index >= 15 is 0 Å². The number of nitrogens with one attached hydrogen (secondary N) is 1. The molecule has 2 heteroatoms. The van der Waals surface area contributed by atoms with Crippen molar-refractivity contribution in [2.45, 2.75) is 58.0 Å². The minimum absolute atomic E-state index is 0.534. The molecule has 94 valence electrons. The van der Waals surface area contributed by atoms with E-state index in [-0.39, 0.29) is 0 Å². The largest absolute Gasteiger partial charge is 0.381 e. The summed E-state index contributed by atoms with van der Waals surface area (Å²) in [6.45, 7) is 4.78. The first-order valence-electron chi connectivity index (χ1n) is 7.04. The van der Waals surface area contributed by atoms with Gasteiger partial charge in [0.1, 0.15) is 0 Å². The standard InChI is InChI=1S/C14H27NO/c1-3-5-12-11-15-9-8-14(12)7-4-6-13(10-14)16-2/h12-13,15H,3-11H2,1-2H3. The SMILES string of the molecule is CCCC1CNCCC12CCCC(OC)C2. The molecule has 2 fully saturated rings. The monoisotopic (exact) mass is 225 g/mol. The van der Waals surface area contributed by atoms with Gasteiger partial charge in [0.15, 0.2) is 0 Å². The van der Waals surface area contributed by atoms with E-state index < -0.39 is 0 Å². The summed E-state index contributed by atoms with van der Waals surface area (Å²) in [6.07, 6.45) is 10.0. The Hall–Kier alpha value is -0.0800. The molecule has 0 bridgehead atoms. The van der Waals surface area contributed by atoms with Crippen LogP contribution in [-0.2, 0) is 4.74 Å². The number of rotatable bonds is 3. The minimum atomic E-state index is 0.534. The van der Waals surface area contributed by atoms with E-state index in [0.29, 0.717) is 11.5 Å². The molecule has 3 unspecified atom stereocenters. The van der Waals surface area contributed by atoms with Crippen LogP contribution in [0.25, 0.3) is 0 Å². The predicted octanol–water partition coefficient (Wildman–Crippen LogP) is 2.97. The Bertz CT molecular complexity index is 213. The molecular formula is C14H27NO. The van der Waals surface area contributed by atoms with Gasteiger partial charge < -0.3 is 10.1 Å². The summed E-state index contributed by atoms with van der Waals surface area (Å²) >= 11 is 0. The number of hydrogen-bond acceptors (Lipinski definition) is 2. The zero-order valence-corrected chi connectivity index (χ0v) is 10.9. The van der Waals surface area contributed by atoms with Crippen molar-refractivity contribution >= 4 is 0 Å². The summed E-state index contributed by atoms with van der Waals surface area (Å²) < 4.78 is 5.62. The number of methoxy groups -OCH3 is 1. The lowest BCUT2D eigenvalue weighted by Gasteiger charge is -2.49. The molecule has 3 atom stereocenters. The molecule has 1 aliphatic carbocycles. The van der Waals surface area contributed by atoms with E-state index in [1.54, 1.807) is 0 Å². The fourth-order valence-corrected chi connectivity index (χ4v) is 3.93. The van der Waals surface area contributed by atoms with Crippen LogP contribution in [0.5, 0.6) is 0 Å². The minimum Gasteiger partial charge on any atom is -0.381 e. The molecule has 0 aromatic heterocycles. The molecule has 0 amide bonds. The maximum Gasteiger partial charge on any atom is 0.0576 e. The maximum absolute atomic E-state index is 5.62. The topological polar surface area (TPSA) is 21.3 Å². The van der Waals surface area contributed by atoms with Crippen LogP contribution < -0.4 is 5.32 Å². The van der Waals surface area contributed by atoms with Crippen LogP contribution in [0.2, 0.25) is 0 Å². The fourth-order valence-electron chi connectivity index (χ4n) is 3.93. The third-order valence-corrected chi connectivity index (χ3v) is 4.86. The van der Waals surface area contributed by atoms with Crippen LogP contribution in [0.15, 0.2) is 0 Å². The Labute approximate surface area is 100 Å². The summed E-state index contributed by atoms with van der Waals surface area (Å²) in [5.74, 6) is 0.893. The van der Waals surface area contributed by atoms with Gasteiger partial charge in [-0.3, -0.25) is 0 Å². The zero-order chi connectivity index (χ0) is 11.4. The average molecular weight is 225 g/mol. The highest BCUT2D eigenvalue weighted by atomic mass is 16.5. The summed E-state index contributed by atoms with van der Waals surface area (Å²) in [5.41, 5.74) is 0.611. The molecule has 1 saturated heterocycles. The summed E-state index contributed by atoms with van der Waals surface area (Å²) in [6, 6.07) is 0. The van der Waals surface area contributed by atoms with Crippen molar-refractivity contribution in [3.8, 4) is 0 Å². The number of ether oxygens (including phenoxy) is 1. The van der Waals surface area contributed by atoms with Crippen molar-refractivity contribution in [2.75, 3.05) is 20.2 Å². The van der Waals surface area contributed by atoms with Gasteiger partial charge in [-0.2, -0.15) is 0 Å². The van der Waals surface area contributed by atoms with Crippen LogP contribution in [-0.4, -0.2) is 26.3 Å². The lowest BCUT2D eigenvalue weighted by atomic mass is 9.61. The highest BCUT2D eigenvalue weighted by Crippen LogP contribution is 2.48. The second-order valence-electron chi connectivity index (χ2n) is 5.76. The van der Waals surface area contributed by atoms with Gasteiger partial charge in [-0.25, -0.2) is 0 Å². The Morgan fingerprint density at radius 2 is 2.25 bits per heavy atom. The second-order valence-corrected chi connectivity index (χ2v) is 5.76. The average Bonchev–Trinajstić information content (AvgIpc) is 2.33. The van der Waals surface area contributed by atoms with Gasteiger partial charge in [0, 0.05) is 7.11 Å². The Morgan fingerprint density at radius 3 is 3.00 bits per heavy atom. The van der Waals surface area contributed by atoms with Gasteiger partial charge >= 0.3 is 0 Å². The molecule has 2 nitrogen and oxygen atoms in total. The van der Waals surface area contributed by atoms with Crippen molar-refractivity contribution in [1.29, 1.82) is 0 Å². The van der Waals surface area contributed by atoms with Crippen LogP contribution >= 0.6 is 0 Å². The Kier molecular flexibility index (Phi) is 4.26. The summed E-state index contributed by atoms with van der Waals surface area (Å²) in [4.78, 5) is 0. The predicted molar refractivity (Wildman–Crippen MR) is 67.6 cm³/mol. The Morgan fingerprint density at radius 1 is 1.38 bits per heavy atom. The van der Waals surface area contributed by atoms with E-state index in [1.165, 1.54) is 58.0 Å². The first-order valence-corrected chi connectivity index (χ1v) is 7.04. The van der Waals surface area contributed by atoms with E-state index in [2.05, 4.69) is 12.2 Å². The zero-order valence-electron chi connectivity index (χ0n) is 10.9. The molecule has 2 rings (SSSR count). The Balaban J connectivity index is 2.05. The van der Waals surface area contributed by atoms with Crippen molar-refractivity contribution < 1.29 is 4.74 Å². The number of hydrogen-bond donors (Lipinski definition) is 1. The van der Waals surface area contributed by atoms with E-state index in [9.17, 15) is 0 Å². The van der Waals surface area contributed by atoms with E-state index in [0.717, 1.165) is 5.92 Å². The van der Waals surface area contributed by atoms with Gasteiger partial charge in [0.05, 0.1) is 6.10 Å². The molecule has 0 radical (unpaired) electrons. The number of piperidine rings is 1. The van der Waals surface area contributed by atoms with Gasteiger partial charge in [0.2, 0.25) is 0 Å². The third kappa shape index (κ3) is 2.43. The van der Waals surface area contributed by atoms with Crippen LogP contribution in [0, 0.1) is 11.3 Å². The first kappa shape index (κ1) is 12.4. The molecule has 2 aliphatic rings. The summed E-state index contributed by atoms with van der Waals surface area (Å²) in [7, 11) is 1.89. The smallest absolute Gasteiger partial charge is 0.0576 e. The fraction of sp³-hybridized carbons (Fsp3) is 1.00. The molecular weight excluding hydrogens is 198 g/mol. The van der Waals surface area contributed by atoms with Crippen LogP contribution in [0.3, 0.4) is 0 Å². The van der Waals surface area contributed by atoms with Gasteiger partial charge in [-0.15, -0.1) is 0 Å². The second kappa shape index (κ2) is 5.50. The van der Waals surface area contributed by atoms with Gasteiger partial charge in [-0.05, 0) is 56.5 Å². The normalized spacial score (nSPS) is 40.1. The molecule has 1 aliphatic heterocycles. The molecule has 1 heterocycles. The van der Waals surface area contributed by atoms with Crippen LogP contribution in [0.1, 0.15) is 51.9 Å². The van der Waals surface area contributed by atoms with Crippen molar-refractivity contribution in [1.82, 2.24) is 5.32 Å². The molecule has 1 saturated carbocycles. The lowest BCUT2D eigenvalue weighted by molar-refractivity contribution is -0.0330. The third-order valence-electron chi connectivity index (χ3n) is 4.86. The van der Waals surface area contributed by atoms with E-state index in [1.807, 2.05) is 7.11 Å². The molecule has 0 aromatic carbocycles. The maximum atomic E-state index is 5.62. The molecule has 16 heavy (non-hydrogen) atoms. The van der Waals surface area contributed by atoms with E-state index in [4.69, 9.17) is 4.74 Å². The molecule has 1 spiro atoms. The highest BCUT2D eigenvalue weighted by molar-refractivity contribution is 4.95. The van der Waals surface area contributed by atoms with Crippen molar-refractivity contribution in [3.05, 3.63) is 0 Å². The molecule has 0 aromatic rings. The van der Waals surface area contributed by atoms with Crippen LogP contribution in [0.4, 0.5) is 0 Å². The van der Waals surface area contributed by atoms with Gasteiger partial charge in [0.25, 0.3) is 0 Å².